The van der Waals surface area contributed by atoms with Gasteiger partial charge in [-0.2, -0.15) is 0 Å². The zero-order valence-corrected chi connectivity index (χ0v) is 23.7. The molecule has 2 aliphatic rings. The van der Waals surface area contributed by atoms with Crippen LogP contribution in [0.3, 0.4) is 0 Å². The average Bonchev–Trinajstić information content (AvgIpc) is 2.98. The Hall–Kier alpha value is -0.528. The Morgan fingerprint density at radius 1 is 1.03 bits per heavy atom. The van der Waals surface area contributed by atoms with Crippen molar-refractivity contribution >= 4 is 5.78 Å². The van der Waals surface area contributed by atoms with Crippen molar-refractivity contribution in [3.05, 3.63) is 75.6 Å². The van der Waals surface area contributed by atoms with Gasteiger partial charge in [-0.25, -0.2) is 0 Å². The number of carbonyl (C=O) groups excluding carboxylic acids is 1. The Bertz CT molecular complexity index is 860. The number of aryl methyl sites for hydroxylation is 1. The van der Waals surface area contributed by atoms with Crippen LogP contribution in [0.15, 0.2) is 42.5 Å². The molecule has 0 atom stereocenters. The molecule has 2 aromatic carbocycles. The molecule has 2 heterocycles. The largest absolute Gasteiger partial charge is 0.662 e. The van der Waals surface area contributed by atoms with Gasteiger partial charge in [-0.3, -0.25) is 9.69 Å². The minimum absolute atomic E-state index is 0. The van der Waals surface area contributed by atoms with Crippen molar-refractivity contribution in [3.8, 4) is 0 Å². The van der Waals surface area contributed by atoms with Crippen LogP contribution >= 0.6 is 0 Å². The number of piperidine rings is 1. The van der Waals surface area contributed by atoms with Crippen molar-refractivity contribution in [2.75, 3.05) is 26.2 Å². The predicted molar refractivity (Wildman–Crippen MR) is 124 cm³/mol. The number of Topliss-reactive ketones (excluding diaryl/α,β-unsaturated/α-hetero) is 1. The third kappa shape index (κ3) is 7.23. The molecular weight excluding hydrogens is 595 g/mol. The van der Waals surface area contributed by atoms with Crippen molar-refractivity contribution in [2.45, 2.75) is 58.4 Å². The molecule has 2 aliphatic heterocycles. The molecule has 4 heteroatoms. The summed E-state index contributed by atoms with van der Waals surface area (Å²) in [4.78, 5) is 15.3. The fourth-order valence-electron chi connectivity index (χ4n) is 4.92. The maximum atomic E-state index is 12.8. The van der Waals surface area contributed by atoms with Crippen molar-refractivity contribution in [1.29, 1.82) is 0 Å². The molecule has 163 valence electrons. The minimum Gasteiger partial charge on any atom is -0.662 e. The fourth-order valence-corrected chi connectivity index (χ4v) is 4.92. The molecule has 1 radical (unpaired) electrons. The standard InChI is InChI=1S/C27H35N2O.Ac/c1-21-5-2-3-7-26(21)20-29-17-13-23-9-10-25(19-24(23)14-18-29)27(30)8-4-6-22-11-15-28-16-12-22;/h2-3,5,7,9-10,19,22H,4,6,8,11-18,20H2,1H3;/q-1;. The normalized spacial score (nSPS) is 17.5. The van der Waals surface area contributed by atoms with E-state index in [1.54, 1.807) is 0 Å². The van der Waals surface area contributed by atoms with E-state index in [4.69, 9.17) is 0 Å². The Labute approximate surface area is 223 Å². The summed E-state index contributed by atoms with van der Waals surface area (Å²) in [6.45, 7) is 7.40. The van der Waals surface area contributed by atoms with Crippen LogP contribution in [0.1, 0.15) is 64.7 Å². The van der Waals surface area contributed by atoms with Gasteiger partial charge >= 0.3 is 0 Å². The Balaban J connectivity index is 0.00000272. The van der Waals surface area contributed by atoms with Crippen LogP contribution in [0.5, 0.6) is 0 Å². The smallest absolute Gasteiger partial charge is 0.162 e. The van der Waals surface area contributed by atoms with E-state index >= 15 is 0 Å². The van der Waals surface area contributed by atoms with Gasteiger partial charge in [0, 0.05) is 75.7 Å². The van der Waals surface area contributed by atoms with Crippen LogP contribution in [0.4, 0.5) is 0 Å². The molecule has 2 aromatic rings. The van der Waals surface area contributed by atoms with E-state index in [0.717, 1.165) is 63.5 Å². The molecule has 0 N–H and O–H groups in total. The van der Waals surface area contributed by atoms with Gasteiger partial charge in [-0.15, -0.1) is 13.1 Å². The summed E-state index contributed by atoms with van der Waals surface area (Å²) in [6.07, 6.45) is 7.42. The first-order valence-corrected chi connectivity index (χ1v) is 11.7. The van der Waals surface area contributed by atoms with Crippen molar-refractivity contribution in [1.82, 2.24) is 4.90 Å². The van der Waals surface area contributed by atoms with E-state index in [-0.39, 0.29) is 44.1 Å². The third-order valence-corrected chi connectivity index (χ3v) is 6.99. The molecule has 3 nitrogen and oxygen atoms in total. The van der Waals surface area contributed by atoms with Crippen LogP contribution in [0.2, 0.25) is 0 Å². The Morgan fingerprint density at radius 2 is 1.77 bits per heavy atom. The summed E-state index contributed by atoms with van der Waals surface area (Å²) in [7, 11) is 0. The first-order valence-electron chi connectivity index (χ1n) is 11.7. The van der Waals surface area contributed by atoms with E-state index < -0.39 is 0 Å². The molecule has 0 aromatic heterocycles. The van der Waals surface area contributed by atoms with Crippen LogP contribution in [-0.2, 0) is 19.4 Å². The van der Waals surface area contributed by atoms with Crippen LogP contribution < -0.4 is 0 Å². The van der Waals surface area contributed by atoms with Crippen molar-refractivity contribution in [2.24, 2.45) is 5.92 Å². The van der Waals surface area contributed by atoms with Gasteiger partial charge in [0.15, 0.2) is 5.78 Å². The number of ketones is 1. The van der Waals surface area contributed by atoms with E-state index in [1.807, 2.05) is 0 Å². The van der Waals surface area contributed by atoms with Crippen LogP contribution in [0.25, 0.3) is 5.32 Å². The first kappa shape index (κ1) is 25.1. The summed E-state index contributed by atoms with van der Waals surface area (Å²) < 4.78 is 0. The minimum atomic E-state index is 0. The number of carbonyl (C=O) groups is 1. The van der Waals surface area contributed by atoms with E-state index in [1.165, 1.54) is 41.5 Å². The van der Waals surface area contributed by atoms with Crippen LogP contribution in [-0.4, -0.2) is 36.9 Å². The SMILES string of the molecule is Cc1ccccc1CN1CCc2ccc(C(=O)CCCC3CC[N-]CC3)cc2CC1.[Ac]. The summed E-state index contributed by atoms with van der Waals surface area (Å²) >= 11 is 0. The molecule has 0 unspecified atom stereocenters. The Kier molecular flexibility index (Phi) is 10.2. The van der Waals surface area contributed by atoms with Crippen molar-refractivity contribution < 1.29 is 48.9 Å². The summed E-state index contributed by atoms with van der Waals surface area (Å²) in [6, 6.07) is 15.2. The van der Waals surface area contributed by atoms with Gasteiger partial charge in [0.25, 0.3) is 0 Å². The van der Waals surface area contributed by atoms with Gasteiger partial charge in [0.05, 0.1) is 0 Å². The number of nitrogens with zero attached hydrogens (tertiary/aromatic N) is 2. The van der Waals surface area contributed by atoms with Gasteiger partial charge in [-0.1, -0.05) is 55.7 Å². The molecule has 4 rings (SSSR count). The van der Waals surface area contributed by atoms with E-state index in [9.17, 15) is 4.79 Å². The second-order valence-corrected chi connectivity index (χ2v) is 9.12. The third-order valence-electron chi connectivity index (χ3n) is 6.99. The fraction of sp³-hybridized carbons (Fsp3) is 0.519. The average molecular weight is 631 g/mol. The second-order valence-electron chi connectivity index (χ2n) is 9.12. The number of hydrogen-bond acceptors (Lipinski definition) is 2. The van der Waals surface area contributed by atoms with E-state index in [0.29, 0.717) is 12.2 Å². The molecule has 0 aliphatic carbocycles. The molecule has 1 fully saturated rings. The summed E-state index contributed by atoms with van der Waals surface area (Å²) in [5, 5.41) is 4.43. The molecule has 31 heavy (non-hydrogen) atoms. The van der Waals surface area contributed by atoms with Gasteiger partial charge in [0.2, 0.25) is 0 Å². The molecule has 0 bridgehead atoms. The van der Waals surface area contributed by atoms with E-state index in [2.05, 4.69) is 59.6 Å². The quantitative estimate of drug-likeness (QED) is 0.367. The first-order chi connectivity index (χ1) is 14.7. The molecule has 1 saturated heterocycles. The topological polar surface area (TPSA) is 34.4 Å². The number of hydrogen-bond donors (Lipinski definition) is 0. The summed E-state index contributed by atoms with van der Waals surface area (Å²) in [5.74, 6) is 1.10. The van der Waals surface area contributed by atoms with Gasteiger partial charge in [0.1, 0.15) is 0 Å². The number of benzene rings is 2. The maximum Gasteiger partial charge on any atom is 0.162 e. The molecule has 0 spiro atoms. The molecule has 0 saturated carbocycles. The zero-order valence-electron chi connectivity index (χ0n) is 19.0. The number of fused-ring (bicyclic) bond motifs is 1. The predicted octanol–water partition coefficient (Wildman–Crippen LogP) is 5.73. The Morgan fingerprint density at radius 3 is 2.55 bits per heavy atom. The summed E-state index contributed by atoms with van der Waals surface area (Å²) in [5.41, 5.74) is 6.51. The zero-order chi connectivity index (χ0) is 20.8. The molecule has 0 amide bonds. The van der Waals surface area contributed by atoms with Gasteiger partial charge < -0.3 is 5.32 Å². The number of rotatable bonds is 7. The van der Waals surface area contributed by atoms with Crippen LogP contribution in [0, 0.1) is 56.9 Å². The molecular formula is C27H35AcN2O-. The maximum absolute atomic E-state index is 12.8. The van der Waals surface area contributed by atoms with Gasteiger partial charge in [-0.05, 0) is 60.4 Å². The monoisotopic (exact) mass is 630 g/mol. The second kappa shape index (κ2) is 12.6. The van der Waals surface area contributed by atoms with Crippen molar-refractivity contribution in [3.63, 3.8) is 0 Å².